The van der Waals surface area contributed by atoms with Crippen LogP contribution in [0.5, 0.6) is 0 Å². The van der Waals surface area contributed by atoms with Crippen molar-refractivity contribution >= 4 is 29.7 Å². The third-order valence-electron chi connectivity index (χ3n) is 4.91. The van der Waals surface area contributed by atoms with Crippen LogP contribution < -0.4 is 16.0 Å². The largest absolute Gasteiger partial charge is 0.480 e. The van der Waals surface area contributed by atoms with Crippen molar-refractivity contribution < 1.29 is 19.5 Å². The van der Waals surface area contributed by atoms with Crippen LogP contribution in [-0.2, 0) is 9.59 Å². The highest BCUT2D eigenvalue weighted by Crippen LogP contribution is 2.24. The Hall–Kier alpha value is -1.54. The van der Waals surface area contributed by atoms with Gasteiger partial charge in [-0.3, -0.25) is 9.59 Å². The fraction of sp³-hybridized carbons (Fsp3) is 0.812. The van der Waals surface area contributed by atoms with E-state index in [2.05, 4.69) is 16.0 Å². The molecule has 1 heterocycles. The monoisotopic (exact) mass is 374 g/mol. The molecule has 8 nitrogen and oxygen atoms in total. The number of rotatable bonds is 6. The Morgan fingerprint density at radius 3 is 2.48 bits per heavy atom. The number of hydrogen-bond donors (Lipinski definition) is 4. The van der Waals surface area contributed by atoms with Gasteiger partial charge in [-0.1, -0.05) is 6.42 Å². The normalized spacial score (nSPS) is 25.2. The molecule has 2 aliphatic rings. The molecule has 3 amide bonds. The second-order valence-corrected chi connectivity index (χ2v) is 7.36. The number of piperidine rings is 1. The second-order valence-electron chi connectivity index (χ2n) is 6.88. The van der Waals surface area contributed by atoms with Crippen LogP contribution in [0, 0.1) is 11.8 Å². The maximum atomic E-state index is 12.1. The maximum absolute atomic E-state index is 12.1. The Morgan fingerprint density at radius 1 is 1.08 bits per heavy atom. The zero-order valence-corrected chi connectivity index (χ0v) is 15.1. The molecule has 2 atom stereocenters. The first-order valence-electron chi connectivity index (χ1n) is 8.88. The number of nitrogens with zero attached hydrogens (tertiary/aromatic N) is 1. The molecule has 0 spiro atoms. The zero-order valence-electron chi connectivity index (χ0n) is 14.3. The van der Waals surface area contributed by atoms with E-state index in [1.807, 2.05) is 0 Å². The molecule has 25 heavy (non-hydrogen) atoms. The third kappa shape index (κ3) is 7.07. The molecule has 1 saturated carbocycles. The number of aliphatic carboxylic acids is 1. The molecule has 1 aliphatic carbocycles. The summed E-state index contributed by atoms with van der Waals surface area (Å²) in [5.41, 5.74) is 0. The van der Waals surface area contributed by atoms with E-state index in [1.54, 1.807) is 4.42 Å². The van der Waals surface area contributed by atoms with Crippen LogP contribution in [0.2, 0.25) is 0 Å². The minimum Gasteiger partial charge on any atom is -0.480 e. The van der Waals surface area contributed by atoms with Gasteiger partial charge in [0.1, 0.15) is 6.54 Å². The average Bonchev–Trinajstić information content (AvgIpc) is 2.59. The van der Waals surface area contributed by atoms with Crippen molar-refractivity contribution in [3.8, 4) is 0 Å². The highest BCUT2D eigenvalue weighted by Gasteiger charge is 2.28. The quantitative estimate of drug-likeness (QED) is 0.516. The first kappa shape index (κ1) is 19.8. The van der Waals surface area contributed by atoms with E-state index in [1.165, 1.54) is 0 Å². The summed E-state index contributed by atoms with van der Waals surface area (Å²) in [7, 11) is 0. The summed E-state index contributed by atoms with van der Waals surface area (Å²) in [6, 6.07) is -0.260. The van der Waals surface area contributed by atoms with Gasteiger partial charge in [0.15, 0.2) is 0 Å². The van der Waals surface area contributed by atoms with Gasteiger partial charge in [0.05, 0.1) is 0 Å². The fourth-order valence-electron chi connectivity index (χ4n) is 3.45. The molecule has 2 fully saturated rings. The molecule has 1 saturated heterocycles. The van der Waals surface area contributed by atoms with Crippen LogP contribution in [-0.4, -0.2) is 59.7 Å². The smallest absolute Gasteiger partial charge is 0.322 e. The van der Waals surface area contributed by atoms with Gasteiger partial charge >= 0.3 is 12.0 Å². The lowest BCUT2D eigenvalue weighted by molar-refractivity contribution is -0.138. The van der Waals surface area contributed by atoms with E-state index in [0.29, 0.717) is 18.9 Å². The molecule has 0 radical (unpaired) electrons. The Bertz CT molecular complexity index is 483. The van der Waals surface area contributed by atoms with E-state index < -0.39 is 5.97 Å². The minimum absolute atomic E-state index is 0.0565. The number of hydrogen-bond acceptors (Lipinski definition) is 4. The van der Waals surface area contributed by atoms with E-state index >= 15 is 0 Å². The molecule has 4 N–H and O–H groups in total. The summed E-state index contributed by atoms with van der Waals surface area (Å²) in [5, 5.41) is 16.9. The minimum atomic E-state index is -1.06. The fourth-order valence-corrected chi connectivity index (χ4v) is 3.64. The summed E-state index contributed by atoms with van der Waals surface area (Å²) in [4.78, 5) is 34.6. The van der Waals surface area contributed by atoms with E-state index in [4.69, 9.17) is 16.9 Å². The van der Waals surface area contributed by atoms with Gasteiger partial charge in [-0.2, -0.15) is 0 Å². The molecule has 0 aromatic heterocycles. The average molecular weight is 375 g/mol. The van der Waals surface area contributed by atoms with Crippen molar-refractivity contribution in [2.45, 2.75) is 44.6 Å². The predicted molar refractivity (Wildman–Crippen MR) is 93.1 cm³/mol. The Morgan fingerprint density at radius 2 is 1.80 bits per heavy atom. The number of halogens is 1. The molecular weight excluding hydrogens is 348 g/mol. The van der Waals surface area contributed by atoms with Gasteiger partial charge < -0.3 is 21.1 Å². The standard InChI is InChI=1S/C16H27ClN4O4/c17-21-6-4-11(5-7-21)9-19-16(25)20-13-3-1-2-12(8-13)15(24)18-10-14(22)23/h11-13H,1-10H2,(H,18,24)(H,22,23)(H2,19,20,25). The van der Waals surface area contributed by atoms with Crippen molar-refractivity contribution in [1.82, 2.24) is 20.4 Å². The number of carbonyl (C=O) groups is 3. The third-order valence-corrected chi connectivity index (χ3v) is 5.24. The Balaban J connectivity index is 1.67. The number of carbonyl (C=O) groups excluding carboxylic acids is 2. The number of urea groups is 1. The van der Waals surface area contributed by atoms with Crippen LogP contribution in [0.25, 0.3) is 0 Å². The van der Waals surface area contributed by atoms with Gasteiger partial charge in [-0.25, -0.2) is 9.21 Å². The van der Waals surface area contributed by atoms with Gasteiger partial charge in [0.25, 0.3) is 0 Å². The van der Waals surface area contributed by atoms with Gasteiger partial charge in [-0.05, 0) is 49.8 Å². The van der Waals surface area contributed by atoms with E-state index in [0.717, 1.165) is 45.2 Å². The van der Waals surface area contributed by atoms with Gasteiger partial charge in [0, 0.05) is 31.6 Å². The molecule has 0 bridgehead atoms. The second kappa shape index (κ2) is 9.82. The number of amides is 3. The first-order chi connectivity index (χ1) is 11.9. The molecule has 2 unspecified atom stereocenters. The van der Waals surface area contributed by atoms with Crippen molar-refractivity contribution in [3.05, 3.63) is 0 Å². The van der Waals surface area contributed by atoms with Gasteiger partial charge in [-0.15, -0.1) is 0 Å². The summed E-state index contributed by atoms with van der Waals surface area (Å²) in [6.45, 7) is 1.94. The highest BCUT2D eigenvalue weighted by molar-refractivity contribution is 6.13. The molecule has 0 aromatic carbocycles. The van der Waals surface area contributed by atoms with Crippen molar-refractivity contribution in [1.29, 1.82) is 0 Å². The molecule has 2 rings (SSSR count). The summed E-state index contributed by atoms with van der Waals surface area (Å²) >= 11 is 5.92. The molecule has 9 heteroatoms. The summed E-state index contributed by atoms with van der Waals surface area (Å²) in [5.74, 6) is -1.10. The van der Waals surface area contributed by atoms with Crippen molar-refractivity contribution in [3.63, 3.8) is 0 Å². The first-order valence-corrected chi connectivity index (χ1v) is 9.22. The number of carboxylic acids is 1. The van der Waals surface area contributed by atoms with Crippen LogP contribution in [0.15, 0.2) is 0 Å². The maximum Gasteiger partial charge on any atom is 0.322 e. The number of carboxylic acid groups (broad SMARTS) is 1. The van der Waals surface area contributed by atoms with Gasteiger partial charge in [0.2, 0.25) is 5.91 Å². The SMILES string of the molecule is O=C(O)CNC(=O)C1CCCC(NC(=O)NCC2CCN(Cl)CC2)C1. The lowest BCUT2D eigenvalue weighted by Crippen LogP contribution is -2.47. The van der Waals surface area contributed by atoms with Crippen molar-refractivity contribution in [2.24, 2.45) is 11.8 Å². The molecule has 1 aliphatic heterocycles. The lowest BCUT2D eigenvalue weighted by Gasteiger charge is -2.30. The van der Waals surface area contributed by atoms with E-state index in [-0.39, 0.29) is 30.4 Å². The van der Waals surface area contributed by atoms with Crippen LogP contribution in [0.4, 0.5) is 4.79 Å². The lowest BCUT2D eigenvalue weighted by atomic mass is 9.85. The van der Waals surface area contributed by atoms with E-state index in [9.17, 15) is 14.4 Å². The van der Waals surface area contributed by atoms with Crippen LogP contribution in [0.1, 0.15) is 38.5 Å². The van der Waals surface area contributed by atoms with Crippen LogP contribution >= 0.6 is 11.8 Å². The predicted octanol–water partition coefficient (Wildman–Crippen LogP) is 0.911. The van der Waals surface area contributed by atoms with Crippen molar-refractivity contribution in [2.75, 3.05) is 26.2 Å². The molecule has 142 valence electrons. The summed E-state index contributed by atoms with van der Waals surface area (Å²) in [6.07, 6.45) is 4.88. The highest BCUT2D eigenvalue weighted by atomic mass is 35.5. The summed E-state index contributed by atoms with van der Waals surface area (Å²) < 4.78 is 1.77. The Kier molecular flexibility index (Phi) is 7.77. The molecular formula is C16H27ClN4O4. The topological polar surface area (TPSA) is 111 Å². The number of nitrogens with one attached hydrogen (secondary N) is 3. The van der Waals surface area contributed by atoms with Crippen LogP contribution in [0.3, 0.4) is 0 Å². The zero-order chi connectivity index (χ0) is 18.2. The molecule has 0 aromatic rings. The Labute approximate surface area is 152 Å².